The van der Waals surface area contributed by atoms with Crippen LogP contribution in [0.2, 0.25) is 0 Å². The van der Waals surface area contributed by atoms with Gasteiger partial charge < -0.3 is 14.2 Å². The number of ether oxygens (including phenoxy) is 3. The zero-order chi connectivity index (χ0) is 7.83. The smallest absolute Gasteiger partial charge is 0.173 e. The Hall–Kier alpha value is -0.120. The van der Waals surface area contributed by atoms with Gasteiger partial charge in [-0.25, -0.2) is 0 Å². The van der Waals surface area contributed by atoms with Gasteiger partial charge in [-0.2, -0.15) is 0 Å². The normalized spacial score (nSPS) is 46.8. The first-order valence-electron chi connectivity index (χ1n) is 3.34. The highest BCUT2D eigenvalue weighted by molar-refractivity contribution is 4.85. The average Bonchev–Trinajstić information content (AvgIpc) is 1.85. The van der Waals surface area contributed by atoms with Crippen molar-refractivity contribution in [1.29, 1.82) is 0 Å². The molecule has 10 heavy (non-hydrogen) atoms. The van der Waals surface area contributed by atoms with E-state index in [-0.39, 0.29) is 0 Å². The van der Waals surface area contributed by atoms with Gasteiger partial charge in [-0.1, -0.05) is 0 Å². The van der Waals surface area contributed by atoms with Crippen LogP contribution in [0.25, 0.3) is 0 Å². The first kappa shape index (κ1) is 7.98. The predicted molar refractivity (Wildman–Crippen MR) is 36.5 cm³/mol. The molecular formula is C7H14O3. The van der Waals surface area contributed by atoms with Crippen LogP contribution in [0.15, 0.2) is 0 Å². The lowest BCUT2D eigenvalue weighted by Gasteiger charge is -2.50. The summed E-state index contributed by atoms with van der Waals surface area (Å²) in [5.74, 6) is -0.852. The lowest BCUT2D eigenvalue weighted by Crippen LogP contribution is -2.58. The summed E-state index contributed by atoms with van der Waals surface area (Å²) in [6.07, 6.45) is 0.785. The summed E-state index contributed by atoms with van der Waals surface area (Å²) in [6, 6.07) is 0. The molecule has 0 bridgehead atoms. The van der Waals surface area contributed by atoms with Crippen molar-refractivity contribution >= 4 is 0 Å². The zero-order valence-electron chi connectivity index (χ0n) is 6.93. The van der Waals surface area contributed by atoms with Crippen molar-refractivity contribution in [3.63, 3.8) is 0 Å². The Bertz CT molecular complexity index is 113. The monoisotopic (exact) mass is 146 g/mol. The highest BCUT2D eigenvalue weighted by Crippen LogP contribution is 2.41. The van der Waals surface area contributed by atoms with E-state index >= 15 is 0 Å². The summed E-state index contributed by atoms with van der Waals surface area (Å²) in [5, 5.41) is 0. The quantitative estimate of drug-likeness (QED) is 0.584. The van der Waals surface area contributed by atoms with Gasteiger partial charge >= 0.3 is 0 Å². The molecule has 0 N–H and O–H groups in total. The number of hydrogen-bond acceptors (Lipinski definition) is 3. The van der Waals surface area contributed by atoms with Crippen LogP contribution in [0.1, 0.15) is 20.3 Å². The molecule has 1 fully saturated rings. The summed E-state index contributed by atoms with van der Waals surface area (Å²) < 4.78 is 15.5. The van der Waals surface area contributed by atoms with Gasteiger partial charge in [0.05, 0.1) is 6.42 Å². The van der Waals surface area contributed by atoms with E-state index in [2.05, 4.69) is 0 Å². The highest BCUT2D eigenvalue weighted by Gasteiger charge is 2.51. The van der Waals surface area contributed by atoms with E-state index in [1.807, 2.05) is 13.8 Å². The van der Waals surface area contributed by atoms with Gasteiger partial charge in [0.2, 0.25) is 0 Å². The molecular weight excluding hydrogens is 132 g/mol. The maximum Gasteiger partial charge on any atom is 0.173 e. The minimum Gasteiger partial charge on any atom is -0.353 e. The lowest BCUT2D eigenvalue weighted by molar-refractivity contribution is -0.433. The van der Waals surface area contributed by atoms with Gasteiger partial charge in [0, 0.05) is 14.2 Å². The molecule has 1 saturated heterocycles. The molecule has 0 aromatic heterocycles. The van der Waals surface area contributed by atoms with Crippen LogP contribution in [0.5, 0.6) is 0 Å². The van der Waals surface area contributed by atoms with Gasteiger partial charge in [-0.3, -0.25) is 0 Å². The van der Waals surface area contributed by atoms with E-state index in [1.165, 1.54) is 0 Å². The minimum atomic E-state index is -0.426. The molecule has 0 aromatic rings. The molecule has 2 atom stereocenters. The molecule has 1 aliphatic rings. The Balaban J connectivity index is 2.42. The highest BCUT2D eigenvalue weighted by atomic mass is 16.8. The fourth-order valence-corrected chi connectivity index (χ4v) is 1.26. The Kier molecular flexibility index (Phi) is 1.75. The number of rotatable bonds is 2. The molecule has 1 rings (SSSR count). The SMILES string of the molecule is COC1(C)CC(C)(OC)O1. The van der Waals surface area contributed by atoms with Crippen molar-refractivity contribution in [2.75, 3.05) is 14.2 Å². The van der Waals surface area contributed by atoms with Crippen molar-refractivity contribution in [1.82, 2.24) is 0 Å². The predicted octanol–water partition coefficient (Wildman–Crippen LogP) is 1.13. The molecule has 0 amide bonds. The summed E-state index contributed by atoms with van der Waals surface area (Å²) in [4.78, 5) is 0. The maximum atomic E-state index is 5.37. The molecule has 0 saturated carbocycles. The van der Waals surface area contributed by atoms with Crippen LogP contribution in [-0.4, -0.2) is 25.8 Å². The number of methoxy groups -OCH3 is 2. The van der Waals surface area contributed by atoms with Gasteiger partial charge in [-0.15, -0.1) is 0 Å². The van der Waals surface area contributed by atoms with Crippen molar-refractivity contribution < 1.29 is 14.2 Å². The molecule has 3 heteroatoms. The Morgan fingerprint density at radius 1 is 1.10 bits per heavy atom. The van der Waals surface area contributed by atoms with Crippen LogP contribution in [0, 0.1) is 0 Å². The third-order valence-electron chi connectivity index (χ3n) is 1.94. The van der Waals surface area contributed by atoms with Gasteiger partial charge in [0.25, 0.3) is 0 Å². The van der Waals surface area contributed by atoms with Crippen LogP contribution in [0.3, 0.4) is 0 Å². The summed E-state index contributed by atoms with van der Waals surface area (Å²) in [7, 11) is 3.27. The third kappa shape index (κ3) is 1.17. The molecule has 0 radical (unpaired) electrons. The molecule has 1 aliphatic heterocycles. The molecule has 0 spiro atoms. The second-order valence-corrected chi connectivity index (χ2v) is 2.95. The Labute approximate surface area is 61.3 Å². The van der Waals surface area contributed by atoms with E-state index in [1.54, 1.807) is 14.2 Å². The second kappa shape index (κ2) is 2.19. The van der Waals surface area contributed by atoms with Gasteiger partial charge in [-0.05, 0) is 13.8 Å². The first-order chi connectivity index (χ1) is 4.54. The zero-order valence-corrected chi connectivity index (χ0v) is 6.93. The molecule has 0 aromatic carbocycles. The van der Waals surface area contributed by atoms with E-state index in [0.29, 0.717) is 0 Å². The number of hydrogen-bond donors (Lipinski definition) is 0. The molecule has 2 unspecified atom stereocenters. The van der Waals surface area contributed by atoms with Gasteiger partial charge in [0.1, 0.15) is 0 Å². The molecule has 1 heterocycles. The van der Waals surface area contributed by atoms with Crippen LogP contribution < -0.4 is 0 Å². The van der Waals surface area contributed by atoms with E-state index in [9.17, 15) is 0 Å². The van der Waals surface area contributed by atoms with Crippen LogP contribution in [-0.2, 0) is 14.2 Å². The second-order valence-electron chi connectivity index (χ2n) is 2.95. The van der Waals surface area contributed by atoms with Crippen molar-refractivity contribution in [2.24, 2.45) is 0 Å². The van der Waals surface area contributed by atoms with E-state index < -0.39 is 11.6 Å². The van der Waals surface area contributed by atoms with Gasteiger partial charge in [0.15, 0.2) is 11.6 Å². The van der Waals surface area contributed by atoms with Crippen molar-refractivity contribution in [3.8, 4) is 0 Å². The average molecular weight is 146 g/mol. The summed E-state index contributed by atoms with van der Waals surface area (Å²) in [5.41, 5.74) is 0. The Morgan fingerprint density at radius 2 is 1.40 bits per heavy atom. The fraction of sp³-hybridized carbons (Fsp3) is 1.00. The van der Waals surface area contributed by atoms with Crippen LogP contribution in [0.4, 0.5) is 0 Å². The van der Waals surface area contributed by atoms with E-state index in [4.69, 9.17) is 14.2 Å². The van der Waals surface area contributed by atoms with Crippen molar-refractivity contribution in [3.05, 3.63) is 0 Å². The fourth-order valence-electron chi connectivity index (χ4n) is 1.26. The summed E-state index contributed by atoms with van der Waals surface area (Å²) >= 11 is 0. The third-order valence-corrected chi connectivity index (χ3v) is 1.94. The topological polar surface area (TPSA) is 27.7 Å². The minimum absolute atomic E-state index is 0.426. The lowest BCUT2D eigenvalue weighted by atomic mass is 10.0. The molecule has 3 nitrogen and oxygen atoms in total. The standard InChI is InChI=1S/C7H14O3/c1-6(8-3)5-7(2,9-4)10-6/h5H2,1-4H3. The molecule has 0 aliphatic carbocycles. The summed E-state index contributed by atoms with van der Waals surface area (Å²) in [6.45, 7) is 3.79. The first-order valence-corrected chi connectivity index (χ1v) is 3.34. The largest absolute Gasteiger partial charge is 0.353 e. The van der Waals surface area contributed by atoms with Crippen LogP contribution >= 0.6 is 0 Å². The maximum absolute atomic E-state index is 5.37. The molecule has 60 valence electrons. The van der Waals surface area contributed by atoms with Crippen molar-refractivity contribution in [2.45, 2.75) is 31.8 Å². The Morgan fingerprint density at radius 3 is 1.60 bits per heavy atom. The van der Waals surface area contributed by atoms with E-state index in [0.717, 1.165) is 6.42 Å².